The highest BCUT2D eigenvalue weighted by molar-refractivity contribution is 9.10. The second-order valence-corrected chi connectivity index (χ2v) is 7.02. The zero-order valence-corrected chi connectivity index (χ0v) is 17.4. The van der Waals surface area contributed by atoms with Gasteiger partial charge >= 0.3 is 11.8 Å². The van der Waals surface area contributed by atoms with Crippen molar-refractivity contribution < 1.29 is 18.8 Å². The van der Waals surface area contributed by atoms with E-state index in [1.54, 1.807) is 61.5 Å². The molecule has 3 amide bonds. The highest BCUT2D eigenvalue weighted by atomic mass is 79.9. The van der Waals surface area contributed by atoms with Crippen LogP contribution in [0.2, 0.25) is 0 Å². The van der Waals surface area contributed by atoms with Crippen LogP contribution in [0.25, 0.3) is 0 Å². The molecule has 3 N–H and O–H groups in total. The maximum Gasteiger partial charge on any atom is 0.329 e. The number of furan rings is 1. The van der Waals surface area contributed by atoms with Gasteiger partial charge in [0.05, 0.1) is 17.5 Å². The number of carbonyl (C=O) groups is 3. The van der Waals surface area contributed by atoms with Crippen LogP contribution in [0.5, 0.6) is 0 Å². The van der Waals surface area contributed by atoms with E-state index in [1.807, 2.05) is 0 Å². The molecule has 0 saturated heterocycles. The molecule has 0 saturated carbocycles. The van der Waals surface area contributed by atoms with E-state index in [1.165, 1.54) is 12.3 Å². The van der Waals surface area contributed by atoms with Gasteiger partial charge in [0.2, 0.25) is 0 Å². The molecule has 1 aromatic heterocycles. The van der Waals surface area contributed by atoms with Crippen molar-refractivity contribution in [1.82, 2.24) is 5.43 Å². The smallest absolute Gasteiger partial charge is 0.329 e. The Labute approximate surface area is 180 Å². The van der Waals surface area contributed by atoms with Gasteiger partial charge in [0.15, 0.2) is 0 Å². The van der Waals surface area contributed by atoms with Crippen molar-refractivity contribution in [1.29, 1.82) is 0 Å². The summed E-state index contributed by atoms with van der Waals surface area (Å²) >= 11 is 3.33. The Bertz CT molecular complexity index is 1110. The van der Waals surface area contributed by atoms with Gasteiger partial charge in [-0.3, -0.25) is 14.4 Å². The lowest BCUT2D eigenvalue weighted by atomic mass is 10.1. The van der Waals surface area contributed by atoms with Crippen LogP contribution >= 0.6 is 15.9 Å². The van der Waals surface area contributed by atoms with Gasteiger partial charge in [0, 0.05) is 10.2 Å². The zero-order valence-electron chi connectivity index (χ0n) is 15.8. The van der Waals surface area contributed by atoms with Crippen LogP contribution < -0.4 is 16.1 Å². The van der Waals surface area contributed by atoms with Crippen molar-refractivity contribution in [3.8, 4) is 0 Å². The summed E-state index contributed by atoms with van der Waals surface area (Å²) in [6.07, 6.45) is 1.28. The molecule has 3 rings (SSSR count). The van der Waals surface area contributed by atoms with Gasteiger partial charge in [-0.25, -0.2) is 5.43 Å². The summed E-state index contributed by atoms with van der Waals surface area (Å²) in [4.78, 5) is 36.7. The molecular formula is C21H17BrN4O4. The van der Waals surface area contributed by atoms with Crippen LogP contribution in [0, 0.1) is 6.92 Å². The van der Waals surface area contributed by atoms with Crippen LogP contribution in [0.3, 0.4) is 0 Å². The third kappa shape index (κ3) is 5.65. The maximum atomic E-state index is 12.6. The molecule has 8 nitrogen and oxygen atoms in total. The molecule has 0 aliphatic rings. The van der Waals surface area contributed by atoms with Crippen molar-refractivity contribution in [2.45, 2.75) is 6.92 Å². The number of amides is 3. The molecule has 0 aliphatic carbocycles. The Morgan fingerprint density at radius 3 is 2.37 bits per heavy atom. The summed E-state index contributed by atoms with van der Waals surface area (Å²) in [7, 11) is 0. The minimum absolute atomic E-state index is 0.193. The quantitative estimate of drug-likeness (QED) is 0.301. The summed E-state index contributed by atoms with van der Waals surface area (Å²) in [5, 5.41) is 8.84. The lowest BCUT2D eigenvalue weighted by Crippen LogP contribution is -2.33. The number of hydrazone groups is 1. The second kappa shape index (κ2) is 9.66. The molecule has 0 atom stereocenters. The number of nitrogens with one attached hydrogen (secondary N) is 3. The molecule has 0 radical (unpaired) electrons. The average molecular weight is 469 g/mol. The Balaban J connectivity index is 1.63. The van der Waals surface area contributed by atoms with Crippen LogP contribution in [-0.4, -0.2) is 23.9 Å². The summed E-state index contributed by atoms with van der Waals surface area (Å²) in [6, 6.07) is 16.8. The SMILES string of the molecule is Cc1ccc(/C=N/NC(=O)C(=O)Nc2ccccc2C(=O)Nc2ccc(Br)cc2)o1. The summed E-state index contributed by atoms with van der Waals surface area (Å²) in [6.45, 7) is 1.77. The summed E-state index contributed by atoms with van der Waals surface area (Å²) in [5.74, 6) is -1.26. The molecule has 0 spiro atoms. The van der Waals surface area contributed by atoms with E-state index in [0.717, 1.165) is 4.47 Å². The zero-order chi connectivity index (χ0) is 21.5. The number of halogens is 1. The predicted molar refractivity (Wildman–Crippen MR) is 116 cm³/mol. The van der Waals surface area contributed by atoms with Crippen molar-refractivity contribution >= 4 is 51.2 Å². The predicted octanol–water partition coefficient (Wildman–Crippen LogP) is 3.69. The lowest BCUT2D eigenvalue weighted by molar-refractivity contribution is -0.136. The molecule has 152 valence electrons. The molecule has 9 heteroatoms. The molecule has 30 heavy (non-hydrogen) atoms. The number of hydrogen-bond donors (Lipinski definition) is 3. The van der Waals surface area contributed by atoms with E-state index in [2.05, 4.69) is 37.1 Å². The first-order valence-electron chi connectivity index (χ1n) is 8.79. The third-order valence-corrected chi connectivity index (χ3v) is 4.38. The maximum absolute atomic E-state index is 12.6. The summed E-state index contributed by atoms with van der Waals surface area (Å²) < 4.78 is 6.15. The number of benzene rings is 2. The molecule has 0 unspecified atom stereocenters. The highest BCUT2D eigenvalue weighted by Gasteiger charge is 2.17. The van der Waals surface area contributed by atoms with E-state index in [4.69, 9.17) is 4.42 Å². The second-order valence-electron chi connectivity index (χ2n) is 6.11. The highest BCUT2D eigenvalue weighted by Crippen LogP contribution is 2.19. The van der Waals surface area contributed by atoms with Gasteiger partial charge in [-0.1, -0.05) is 28.1 Å². The van der Waals surface area contributed by atoms with Gasteiger partial charge in [0.1, 0.15) is 11.5 Å². The molecular weight excluding hydrogens is 452 g/mol. The topological polar surface area (TPSA) is 113 Å². The Kier molecular flexibility index (Phi) is 6.76. The van der Waals surface area contributed by atoms with E-state index >= 15 is 0 Å². The van der Waals surface area contributed by atoms with Gasteiger partial charge in [-0.15, -0.1) is 0 Å². The number of anilines is 2. The molecule has 1 heterocycles. The molecule has 0 aliphatic heterocycles. The fourth-order valence-corrected chi connectivity index (χ4v) is 2.69. The molecule has 0 fully saturated rings. The van der Waals surface area contributed by atoms with Gasteiger partial charge < -0.3 is 15.1 Å². The largest absolute Gasteiger partial charge is 0.460 e. The van der Waals surface area contributed by atoms with Crippen LogP contribution in [0.1, 0.15) is 21.9 Å². The van der Waals surface area contributed by atoms with Gasteiger partial charge in [-0.05, 0) is 55.5 Å². The Morgan fingerprint density at radius 1 is 0.933 bits per heavy atom. The van der Waals surface area contributed by atoms with Crippen molar-refractivity contribution in [3.05, 3.63) is 82.2 Å². The first-order chi connectivity index (χ1) is 14.4. The van der Waals surface area contributed by atoms with Gasteiger partial charge in [-0.2, -0.15) is 5.10 Å². The first kappa shape index (κ1) is 21.0. The summed E-state index contributed by atoms with van der Waals surface area (Å²) in [5.41, 5.74) is 3.09. The number of rotatable bonds is 5. The van der Waals surface area contributed by atoms with E-state index in [0.29, 0.717) is 17.2 Å². The first-order valence-corrected chi connectivity index (χ1v) is 9.58. The minimum atomic E-state index is -0.988. The fraction of sp³-hybridized carbons (Fsp3) is 0.0476. The number of hydrogen-bond acceptors (Lipinski definition) is 5. The van der Waals surface area contributed by atoms with Crippen molar-refractivity contribution in [2.75, 3.05) is 10.6 Å². The molecule has 3 aromatic rings. The molecule has 2 aromatic carbocycles. The third-order valence-electron chi connectivity index (χ3n) is 3.85. The molecule has 0 bridgehead atoms. The minimum Gasteiger partial charge on any atom is -0.460 e. The number of para-hydroxylation sites is 1. The fourth-order valence-electron chi connectivity index (χ4n) is 2.43. The van der Waals surface area contributed by atoms with Crippen LogP contribution in [0.4, 0.5) is 11.4 Å². The van der Waals surface area contributed by atoms with Gasteiger partial charge in [0.25, 0.3) is 5.91 Å². The lowest BCUT2D eigenvalue weighted by Gasteiger charge is -2.11. The van der Waals surface area contributed by atoms with E-state index < -0.39 is 17.7 Å². The Hall–Kier alpha value is -3.72. The number of aryl methyl sites for hydroxylation is 1. The van der Waals surface area contributed by atoms with Crippen LogP contribution in [0.15, 0.2) is 74.7 Å². The Morgan fingerprint density at radius 2 is 1.67 bits per heavy atom. The normalized spacial score (nSPS) is 10.6. The standard InChI is InChI=1S/C21H17BrN4O4/c1-13-6-11-16(30-13)12-23-26-21(29)20(28)25-18-5-3-2-4-17(18)19(27)24-15-9-7-14(22)8-10-15/h2-12H,1H3,(H,24,27)(H,25,28)(H,26,29)/b23-12+. The average Bonchev–Trinajstić information content (AvgIpc) is 3.15. The number of nitrogens with zero attached hydrogens (tertiary/aromatic N) is 1. The van der Waals surface area contributed by atoms with Crippen molar-refractivity contribution in [2.24, 2.45) is 5.10 Å². The van der Waals surface area contributed by atoms with E-state index in [-0.39, 0.29) is 11.3 Å². The monoisotopic (exact) mass is 468 g/mol. The van der Waals surface area contributed by atoms with Crippen LogP contribution in [-0.2, 0) is 9.59 Å². The number of carbonyl (C=O) groups excluding carboxylic acids is 3. The van der Waals surface area contributed by atoms with Crippen molar-refractivity contribution in [3.63, 3.8) is 0 Å². The van der Waals surface area contributed by atoms with E-state index in [9.17, 15) is 14.4 Å².